The van der Waals surface area contributed by atoms with Gasteiger partial charge in [-0.25, -0.2) is 10.1 Å². The van der Waals surface area contributed by atoms with Crippen molar-refractivity contribution < 1.29 is 0 Å². The molecule has 0 saturated carbocycles. The Kier molecular flexibility index (Phi) is 0.506. The normalized spacial score (nSPS) is 8.67. The Morgan fingerprint density at radius 1 is 1.83 bits per heavy atom. The molecule has 0 amide bonds. The predicted molar refractivity (Wildman–Crippen MR) is 20.8 cm³/mol. The molecule has 1 rings (SSSR count). The first kappa shape index (κ1) is 3.14. The third kappa shape index (κ3) is 0.314. The summed E-state index contributed by atoms with van der Waals surface area (Å²) in [5, 5.41) is 5.88. The molecule has 0 saturated heterocycles. The monoisotopic (exact) mass is 85.0 g/mol. The maximum absolute atomic E-state index is 5.05. The van der Waals surface area contributed by atoms with Crippen LogP contribution in [0, 0.1) is 0 Å². The number of aromatic nitrogens is 3. The molecule has 0 aliphatic heterocycles. The second kappa shape index (κ2) is 0.965. The highest BCUT2D eigenvalue weighted by Gasteiger charge is 1.75. The van der Waals surface area contributed by atoms with Crippen LogP contribution in [-0.4, -0.2) is 15.2 Å². The third-order valence-electron chi connectivity index (χ3n) is 0.434. The van der Waals surface area contributed by atoms with Crippen LogP contribution in [0.25, 0.3) is 0 Å². The molecular formula is C2H4N4. The lowest BCUT2D eigenvalue weighted by Gasteiger charge is -1.68. The van der Waals surface area contributed by atoms with E-state index in [0.29, 0.717) is 5.95 Å². The Hall–Kier alpha value is -1.06. The summed E-state index contributed by atoms with van der Waals surface area (Å²) in [6.45, 7) is 0. The van der Waals surface area contributed by atoms with Crippen molar-refractivity contribution in [2.24, 2.45) is 0 Å². The molecule has 0 aliphatic carbocycles. The van der Waals surface area contributed by atoms with Gasteiger partial charge in [0.2, 0.25) is 5.95 Å². The zero-order valence-electron chi connectivity index (χ0n) is 3.05. The van der Waals surface area contributed by atoms with Crippen LogP contribution in [-0.2, 0) is 0 Å². The van der Waals surface area contributed by atoms with Crippen molar-refractivity contribution in [2.45, 2.75) is 0 Å². The molecule has 32 valence electrons. The summed E-state index contributed by atoms with van der Waals surface area (Å²) in [4.78, 5) is 3.53. The minimum absolute atomic E-state index is 0.356. The summed E-state index contributed by atoms with van der Waals surface area (Å²) in [7, 11) is 0. The van der Waals surface area contributed by atoms with Gasteiger partial charge in [0.05, 0.1) is 0 Å². The average Bonchev–Trinajstić information content (AvgIpc) is 1.86. The van der Waals surface area contributed by atoms with Crippen LogP contribution in [0.2, 0.25) is 0 Å². The summed E-state index contributed by atoms with van der Waals surface area (Å²) in [6.07, 6.45) is 1.36. The van der Waals surface area contributed by atoms with Crippen molar-refractivity contribution in [1.82, 2.24) is 15.2 Å². The van der Waals surface area contributed by atoms with Gasteiger partial charge in [-0.05, 0) is 0 Å². The number of hydrogen-bond acceptors (Lipinski definition) is 3. The van der Waals surface area contributed by atoms with Crippen LogP contribution >= 0.6 is 0 Å². The molecule has 1 aromatic rings. The summed E-state index contributed by atoms with van der Waals surface area (Å²) in [5.41, 5.74) is 5.05. The first-order chi connectivity index (χ1) is 2.89. The van der Waals surface area contributed by atoms with Crippen LogP contribution in [0.5, 0.6) is 0 Å². The van der Waals surface area contributed by atoms with E-state index in [9.17, 15) is 0 Å². The van der Waals surface area contributed by atoms with Gasteiger partial charge < -0.3 is 5.73 Å². The Morgan fingerprint density at radius 2 is 2.67 bits per heavy atom. The van der Waals surface area contributed by atoms with Gasteiger partial charge >= 0.3 is 0 Å². The molecule has 4 nitrogen and oxygen atoms in total. The number of rotatable bonds is 0. The zero-order valence-corrected chi connectivity index (χ0v) is 3.05. The lowest BCUT2D eigenvalue weighted by Crippen LogP contribution is -1.84. The van der Waals surface area contributed by atoms with Crippen molar-refractivity contribution in [2.75, 3.05) is 5.73 Å². The van der Waals surface area contributed by atoms with Crippen molar-refractivity contribution in [3.05, 3.63) is 6.33 Å². The fourth-order valence-corrected chi connectivity index (χ4v) is 0.215. The van der Waals surface area contributed by atoms with Crippen LogP contribution in [0.1, 0.15) is 0 Å². The fraction of sp³-hybridized carbons (Fsp3) is 0. The number of hydrogen-bond donors (Lipinski definition) is 2. The second-order valence-electron chi connectivity index (χ2n) is 0.871. The van der Waals surface area contributed by atoms with Gasteiger partial charge in [0.15, 0.2) is 0 Å². The number of nitrogens with one attached hydrogen (secondary N) is 1. The number of H-pyrrole nitrogens is 1. The topological polar surface area (TPSA) is 67.6 Å². The molecule has 6 heavy (non-hydrogen) atoms. The molecule has 0 bridgehead atoms. The molecule has 3 N–H and O–H groups in total. The highest BCUT2D eigenvalue weighted by molar-refractivity contribution is 5.07. The molecule has 0 radical (unpaired) electrons. The minimum Gasteiger partial charge on any atom is -0.368 e. The number of aromatic amines is 1. The highest BCUT2D eigenvalue weighted by atomic mass is 15.7. The van der Waals surface area contributed by atoms with E-state index >= 15 is 0 Å². The third-order valence-corrected chi connectivity index (χ3v) is 0.434. The maximum atomic E-state index is 5.05. The zero-order chi connectivity index (χ0) is 4.41. The number of anilines is 1. The molecule has 0 aromatic carbocycles. The maximum Gasteiger partial charge on any atom is 0.215 e. The van der Waals surface area contributed by atoms with Crippen molar-refractivity contribution in [3.8, 4) is 0 Å². The van der Waals surface area contributed by atoms with Crippen molar-refractivity contribution in [1.29, 1.82) is 0 Å². The van der Waals surface area contributed by atoms with Gasteiger partial charge in [-0.2, -0.15) is 5.10 Å². The molecule has 0 fully saturated rings. The summed E-state index contributed by atoms with van der Waals surface area (Å²) >= 11 is 0. The van der Waals surface area contributed by atoms with Gasteiger partial charge in [0.25, 0.3) is 0 Å². The Bertz CT molecular complexity index is 109. The first-order valence-corrected chi connectivity index (χ1v) is 1.50. The minimum atomic E-state index is 0.356. The predicted octanol–water partition coefficient (Wildman–Crippen LogP) is -0.613. The van der Waals surface area contributed by atoms with Crippen LogP contribution in [0.15, 0.2) is 6.33 Å². The number of nitrogens with two attached hydrogens (primary N) is 1. The first-order valence-electron chi connectivity index (χ1n) is 1.50. The molecule has 0 atom stereocenters. The molecular weight excluding hydrogens is 81.0 g/mol. The van der Waals surface area contributed by atoms with Crippen LogP contribution < -0.4 is 5.73 Å². The smallest absolute Gasteiger partial charge is 0.215 e. The quantitative estimate of drug-likeness (QED) is 0.441. The summed E-state index contributed by atoms with van der Waals surface area (Å²) in [6, 6.07) is 0. The summed E-state index contributed by atoms with van der Waals surface area (Å²) < 4.78 is 0. The van der Waals surface area contributed by atoms with E-state index in [1.807, 2.05) is 0 Å². The fourth-order valence-electron chi connectivity index (χ4n) is 0.215. The van der Waals surface area contributed by atoms with Crippen LogP contribution in [0.3, 0.4) is 0 Å². The molecule has 1 aromatic heterocycles. The summed E-state index contributed by atoms with van der Waals surface area (Å²) in [5.74, 6) is 0.356. The van der Waals surface area contributed by atoms with Crippen molar-refractivity contribution >= 4 is 5.95 Å². The number of nitrogens with zero attached hydrogens (tertiary/aromatic N) is 2. The second-order valence-corrected chi connectivity index (χ2v) is 0.871. The van der Waals surface area contributed by atoms with E-state index in [0.717, 1.165) is 0 Å². The number of nitrogen functional groups attached to an aromatic ring is 1. The Balaban J connectivity index is 3.05. The van der Waals surface area contributed by atoms with Crippen LogP contribution in [0.4, 0.5) is 5.95 Å². The van der Waals surface area contributed by atoms with Gasteiger partial charge in [-0.1, -0.05) is 0 Å². The standard InChI is InChI=1S/C2H4N4/c3-2-4-1-5-6-2/h1H,(H3,3,4,5,6)/i5+1. The lowest BCUT2D eigenvalue weighted by atomic mass is 11.1. The van der Waals surface area contributed by atoms with E-state index in [1.54, 1.807) is 0 Å². The van der Waals surface area contributed by atoms with Gasteiger partial charge in [0.1, 0.15) is 6.33 Å². The average molecular weight is 85.1 g/mol. The van der Waals surface area contributed by atoms with E-state index in [4.69, 9.17) is 5.73 Å². The van der Waals surface area contributed by atoms with E-state index in [1.165, 1.54) is 6.33 Å². The van der Waals surface area contributed by atoms with E-state index in [2.05, 4.69) is 15.2 Å². The highest BCUT2D eigenvalue weighted by Crippen LogP contribution is 1.76. The molecule has 4 heteroatoms. The van der Waals surface area contributed by atoms with Crippen molar-refractivity contribution in [3.63, 3.8) is 0 Å². The van der Waals surface area contributed by atoms with Gasteiger partial charge in [0, 0.05) is 0 Å². The Labute approximate surface area is 34.4 Å². The largest absolute Gasteiger partial charge is 0.368 e. The van der Waals surface area contributed by atoms with Gasteiger partial charge in [-0.15, -0.1) is 0 Å². The lowest BCUT2D eigenvalue weighted by molar-refractivity contribution is 1.10. The Morgan fingerprint density at radius 3 is 2.83 bits per heavy atom. The molecule has 0 aliphatic rings. The molecule has 0 unspecified atom stereocenters. The molecule has 1 heterocycles. The molecule has 0 spiro atoms. The van der Waals surface area contributed by atoms with Gasteiger partial charge in [-0.3, -0.25) is 0 Å². The van der Waals surface area contributed by atoms with E-state index in [-0.39, 0.29) is 0 Å². The van der Waals surface area contributed by atoms with E-state index < -0.39 is 0 Å². The SMILES string of the molecule is Nc1nc[15n][nH]1.